The summed E-state index contributed by atoms with van der Waals surface area (Å²) in [6, 6.07) is 0. The molecule has 2 nitrogen and oxygen atoms in total. The van der Waals surface area contributed by atoms with Crippen molar-refractivity contribution < 1.29 is 0 Å². The summed E-state index contributed by atoms with van der Waals surface area (Å²) in [5, 5.41) is 0. The summed E-state index contributed by atoms with van der Waals surface area (Å²) in [5.74, 6) is 0.966. The van der Waals surface area contributed by atoms with Gasteiger partial charge in [0.05, 0.1) is 6.20 Å². The van der Waals surface area contributed by atoms with Crippen LogP contribution < -0.4 is 0 Å². The second-order valence-corrected chi connectivity index (χ2v) is 6.29. The molecule has 0 bridgehead atoms. The molecule has 1 aromatic heterocycles. The number of hydrogen-bond acceptors (Lipinski definition) is 1. The van der Waals surface area contributed by atoms with Gasteiger partial charge in [-0.15, -0.1) is 0 Å². The highest BCUT2D eigenvalue weighted by molar-refractivity contribution is 9.10. The van der Waals surface area contributed by atoms with Gasteiger partial charge in [-0.05, 0) is 28.4 Å². The van der Waals surface area contributed by atoms with Crippen LogP contribution in [0.5, 0.6) is 0 Å². The lowest BCUT2D eigenvalue weighted by Gasteiger charge is -2.07. The molecule has 0 fully saturated rings. The molecule has 0 unspecified atom stereocenters. The van der Waals surface area contributed by atoms with Gasteiger partial charge >= 0.3 is 0 Å². The van der Waals surface area contributed by atoms with Gasteiger partial charge in [0.15, 0.2) is 0 Å². The van der Waals surface area contributed by atoms with E-state index in [0.29, 0.717) is 0 Å². The first-order valence-electron chi connectivity index (χ1n) is 8.13. The van der Waals surface area contributed by atoms with Crippen LogP contribution in [0.25, 0.3) is 6.08 Å². The predicted molar refractivity (Wildman–Crippen MR) is 91.9 cm³/mol. The average molecular weight is 341 g/mol. The second-order valence-electron chi connectivity index (χ2n) is 5.48. The van der Waals surface area contributed by atoms with Crippen molar-refractivity contribution >= 4 is 22.0 Å². The number of imidazole rings is 1. The summed E-state index contributed by atoms with van der Waals surface area (Å²) in [7, 11) is 0. The third kappa shape index (κ3) is 6.74. The summed E-state index contributed by atoms with van der Waals surface area (Å²) in [6.07, 6.45) is 17.4. The van der Waals surface area contributed by atoms with Crippen LogP contribution in [0.2, 0.25) is 0 Å². The maximum atomic E-state index is 4.30. The van der Waals surface area contributed by atoms with Gasteiger partial charge in [0.25, 0.3) is 0 Å². The summed E-state index contributed by atoms with van der Waals surface area (Å²) in [6.45, 7) is 7.11. The van der Waals surface area contributed by atoms with Crippen molar-refractivity contribution in [1.82, 2.24) is 9.55 Å². The average Bonchev–Trinajstić information content (AvgIpc) is 2.81. The molecule has 0 aliphatic rings. The minimum atomic E-state index is 0.966. The molecule has 0 saturated heterocycles. The van der Waals surface area contributed by atoms with E-state index >= 15 is 0 Å². The van der Waals surface area contributed by atoms with Crippen LogP contribution in [-0.2, 0) is 6.54 Å². The fourth-order valence-electron chi connectivity index (χ4n) is 2.51. The Morgan fingerprint density at radius 2 is 1.60 bits per heavy atom. The van der Waals surface area contributed by atoms with E-state index in [1.54, 1.807) is 0 Å². The Balaban J connectivity index is 1.99. The molecule has 20 heavy (non-hydrogen) atoms. The number of unbranched alkanes of at least 4 members (excludes halogenated alkanes) is 9. The zero-order valence-electron chi connectivity index (χ0n) is 12.9. The Bertz CT molecular complexity index is 371. The molecule has 0 aliphatic carbocycles. The maximum absolute atomic E-state index is 4.30. The number of nitrogens with zero attached hydrogens (tertiary/aromatic N) is 2. The molecule has 0 aliphatic heterocycles. The number of hydrogen-bond donors (Lipinski definition) is 0. The van der Waals surface area contributed by atoms with Crippen molar-refractivity contribution in [2.45, 2.75) is 77.7 Å². The van der Waals surface area contributed by atoms with Crippen LogP contribution in [0.1, 0.15) is 77.0 Å². The van der Waals surface area contributed by atoms with E-state index in [9.17, 15) is 0 Å². The van der Waals surface area contributed by atoms with E-state index in [-0.39, 0.29) is 0 Å². The van der Waals surface area contributed by atoms with E-state index in [0.717, 1.165) is 17.0 Å². The molecule has 0 spiro atoms. The highest BCUT2D eigenvalue weighted by Gasteiger charge is 2.03. The van der Waals surface area contributed by atoms with Crippen LogP contribution >= 0.6 is 15.9 Å². The first-order valence-corrected chi connectivity index (χ1v) is 8.92. The van der Waals surface area contributed by atoms with Gasteiger partial charge in [-0.2, -0.15) is 0 Å². The molecule has 0 amide bonds. The van der Waals surface area contributed by atoms with E-state index in [2.05, 4.69) is 39.0 Å². The molecule has 0 N–H and O–H groups in total. The Morgan fingerprint density at radius 3 is 2.15 bits per heavy atom. The molecule has 1 aromatic rings. The lowest BCUT2D eigenvalue weighted by atomic mass is 10.1. The van der Waals surface area contributed by atoms with Gasteiger partial charge in [0.2, 0.25) is 0 Å². The standard InChI is InChI=1S/C17H29BrN2/c1-3-5-6-7-8-9-10-11-12-13-14-20-16(18)15-19-17(20)4-2/h4,15H,2-3,5-14H2,1H3. The third-order valence-corrected chi connectivity index (χ3v) is 4.39. The Labute approximate surface area is 132 Å². The molecular formula is C17H29BrN2. The monoisotopic (exact) mass is 340 g/mol. The van der Waals surface area contributed by atoms with Crippen molar-refractivity contribution in [2.75, 3.05) is 0 Å². The van der Waals surface area contributed by atoms with Gasteiger partial charge in [0.1, 0.15) is 10.4 Å². The zero-order valence-corrected chi connectivity index (χ0v) is 14.5. The molecule has 1 heterocycles. The molecule has 3 heteroatoms. The van der Waals surface area contributed by atoms with Crippen LogP contribution in [-0.4, -0.2) is 9.55 Å². The topological polar surface area (TPSA) is 17.8 Å². The summed E-state index contributed by atoms with van der Waals surface area (Å²) < 4.78 is 3.25. The Hall–Kier alpha value is -0.570. The van der Waals surface area contributed by atoms with Crippen molar-refractivity contribution in [3.63, 3.8) is 0 Å². The third-order valence-electron chi connectivity index (χ3n) is 3.76. The van der Waals surface area contributed by atoms with Gasteiger partial charge < -0.3 is 4.57 Å². The van der Waals surface area contributed by atoms with E-state index in [1.165, 1.54) is 64.2 Å². The SMILES string of the molecule is C=Cc1ncc(Br)n1CCCCCCCCCCCC. The molecule has 0 saturated carbocycles. The number of halogens is 1. The van der Waals surface area contributed by atoms with Crippen LogP contribution in [0, 0.1) is 0 Å². The molecular weight excluding hydrogens is 312 g/mol. The molecule has 1 rings (SSSR count). The molecule has 0 atom stereocenters. The number of rotatable bonds is 12. The minimum Gasteiger partial charge on any atom is -0.319 e. The van der Waals surface area contributed by atoms with Crippen LogP contribution in [0.15, 0.2) is 17.4 Å². The maximum Gasteiger partial charge on any atom is 0.132 e. The first kappa shape index (κ1) is 17.5. The second kappa shape index (κ2) is 11.1. The molecule has 0 aromatic carbocycles. The number of aromatic nitrogens is 2. The predicted octanol–water partition coefficient (Wildman–Crippen LogP) is 6.21. The fraction of sp³-hybridized carbons (Fsp3) is 0.706. The zero-order chi connectivity index (χ0) is 14.6. The van der Waals surface area contributed by atoms with Crippen LogP contribution in [0.3, 0.4) is 0 Å². The first-order chi connectivity index (χ1) is 9.79. The summed E-state index contributed by atoms with van der Waals surface area (Å²) in [5.41, 5.74) is 0. The van der Waals surface area contributed by atoms with Gasteiger partial charge in [-0.3, -0.25) is 0 Å². The van der Waals surface area contributed by atoms with E-state index in [1.807, 2.05) is 12.3 Å². The van der Waals surface area contributed by atoms with Crippen molar-refractivity contribution in [1.29, 1.82) is 0 Å². The van der Waals surface area contributed by atoms with Gasteiger partial charge in [-0.1, -0.05) is 71.3 Å². The van der Waals surface area contributed by atoms with E-state index in [4.69, 9.17) is 0 Å². The quantitative estimate of drug-likeness (QED) is 0.413. The molecule has 114 valence electrons. The van der Waals surface area contributed by atoms with Crippen molar-refractivity contribution in [2.24, 2.45) is 0 Å². The van der Waals surface area contributed by atoms with Gasteiger partial charge in [0, 0.05) is 6.54 Å². The highest BCUT2D eigenvalue weighted by Crippen LogP contribution is 2.16. The Kier molecular flexibility index (Phi) is 9.73. The smallest absolute Gasteiger partial charge is 0.132 e. The van der Waals surface area contributed by atoms with Crippen LogP contribution in [0.4, 0.5) is 0 Å². The van der Waals surface area contributed by atoms with E-state index < -0.39 is 0 Å². The minimum absolute atomic E-state index is 0.966. The summed E-state index contributed by atoms with van der Waals surface area (Å²) >= 11 is 3.53. The largest absolute Gasteiger partial charge is 0.319 e. The fourth-order valence-corrected chi connectivity index (χ4v) is 2.97. The van der Waals surface area contributed by atoms with Crippen molar-refractivity contribution in [3.8, 4) is 0 Å². The normalized spacial score (nSPS) is 10.9. The lowest BCUT2D eigenvalue weighted by Crippen LogP contribution is -2.01. The Morgan fingerprint density at radius 1 is 1.05 bits per heavy atom. The van der Waals surface area contributed by atoms with Gasteiger partial charge in [-0.25, -0.2) is 4.98 Å². The van der Waals surface area contributed by atoms with Crippen molar-refractivity contribution in [3.05, 3.63) is 23.2 Å². The highest BCUT2D eigenvalue weighted by atomic mass is 79.9. The molecule has 0 radical (unpaired) electrons. The summed E-state index contributed by atoms with van der Waals surface area (Å²) in [4.78, 5) is 4.30. The lowest BCUT2D eigenvalue weighted by molar-refractivity contribution is 0.531.